The van der Waals surface area contributed by atoms with E-state index in [-0.39, 0.29) is 0 Å². The summed E-state index contributed by atoms with van der Waals surface area (Å²) in [5.74, 6) is -0.411. The van der Waals surface area contributed by atoms with E-state index in [0.717, 1.165) is 17.0 Å². The van der Waals surface area contributed by atoms with E-state index in [4.69, 9.17) is 17.3 Å². The Morgan fingerprint density at radius 3 is 2.42 bits per heavy atom. The molecule has 1 amide bonds. The van der Waals surface area contributed by atoms with Crippen molar-refractivity contribution in [1.29, 1.82) is 0 Å². The van der Waals surface area contributed by atoms with Gasteiger partial charge < -0.3 is 10.3 Å². The van der Waals surface area contributed by atoms with Gasteiger partial charge in [-0.3, -0.25) is 4.79 Å². The van der Waals surface area contributed by atoms with Crippen molar-refractivity contribution in [3.63, 3.8) is 0 Å². The summed E-state index contributed by atoms with van der Waals surface area (Å²) in [6.07, 6.45) is 0. The van der Waals surface area contributed by atoms with Gasteiger partial charge in [0.05, 0.1) is 5.56 Å². The second-order valence-corrected chi connectivity index (χ2v) is 6.41. The van der Waals surface area contributed by atoms with E-state index in [0.29, 0.717) is 17.1 Å². The van der Waals surface area contributed by atoms with Gasteiger partial charge in [0.1, 0.15) is 0 Å². The predicted molar refractivity (Wildman–Crippen MR) is 98.4 cm³/mol. The lowest BCUT2D eigenvalue weighted by atomic mass is 10.1. The van der Waals surface area contributed by atoms with E-state index in [2.05, 4.69) is 29.7 Å². The zero-order valence-corrected chi connectivity index (χ0v) is 14.5. The van der Waals surface area contributed by atoms with Gasteiger partial charge in [0.25, 0.3) is 5.91 Å². The van der Waals surface area contributed by atoms with Gasteiger partial charge in [-0.2, -0.15) is 0 Å². The number of benzene rings is 2. The van der Waals surface area contributed by atoms with E-state index in [1.54, 1.807) is 0 Å². The summed E-state index contributed by atoms with van der Waals surface area (Å²) in [7, 11) is 0. The van der Waals surface area contributed by atoms with Gasteiger partial charge in [-0.25, -0.2) is 0 Å². The number of amides is 1. The number of nitrogens with two attached hydrogens (primary N) is 1. The fraction of sp³-hybridized carbons (Fsp3) is 0.150. The predicted octanol–water partition coefficient (Wildman–Crippen LogP) is 4.57. The van der Waals surface area contributed by atoms with Gasteiger partial charge in [-0.1, -0.05) is 53.6 Å². The Morgan fingerprint density at radius 2 is 1.79 bits per heavy atom. The standard InChI is InChI=1S/C20H19ClN2O/c1-13-4-3-5-15(10-13)12-23-14(2)18(20(22)24)11-19(23)16-6-8-17(21)9-7-16/h3-11H,12H2,1-2H3,(H2,22,24). The normalized spacial score (nSPS) is 10.8. The monoisotopic (exact) mass is 338 g/mol. The summed E-state index contributed by atoms with van der Waals surface area (Å²) in [4.78, 5) is 11.8. The van der Waals surface area contributed by atoms with Crippen LogP contribution < -0.4 is 5.73 Å². The average Bonchev–Trinajstić information content (AvgIpc) is 2.86. The highest BCUT2D eigenvalue weighted by atomic mass is 35.5. The quantitative estimate of drug-likeness (QED) is 0.744. The van der Waals surface area contributed by atoms with Gasteiger partial charge in [0.2, 0.25) is 0 Å². The van der Waals surface area contributed by atoms with Crippen molar-refractivity contribution in [1.82, 2.24) is 4.57 Å². The maximum absolute atomic E-state index is 11.8. The molecule has 2 N–H and O–H groups in total. The minimum absolute atomic E-state index is 0.411. The average molecular weight is 339 g/mol. The van der Waals surface area contributed by atoms with E-state index in [1.807, 2.05) is 43.3 Å². The lowest BCUT2D eigenvalue weighted by Crippen LogP contribution is -2.12. The third-order valence-electron chi connectivity index (χ3n) is 4.20. The van der Waals surface area contributed by atoms with E-state index >= 15 is 0 Å². The van der Waals surface area contributed by atoms with E-state index in [1.165, 1.54) is 11.1 Å². The molecular formula is C20H19ClN2O. The smallest absolute Gasteiger partial charge is 0.250 e. The van der Waals surface area contributed by atoms with Crippen molar-refractivity contribution >= 4 is 17.5 Å². The van der Waals surface area contributed by atoms with Gasteiger partial charge in [-0.05, 0) is 43.2 Å². The molecule has 3 aromatic rings. The van der Waals surface area contributed by atoms with Crippen LogP contribution in [0.1, 0.15) is 27.2 Å². The summed E-state index contributed by atoms with van der Waals surface area (Å²) in [5.41, 5.74) is 11.3. The Hall–Kier alpha value is -2.52. The highest BCUT2D eigenvalue weighted by molar-refractivity contribution is 6.30. The number of nitrogens with zero attached hydrogens (tertiary/aromatic N) is 1. The van der Waals surface area contributed by atoms with Crippen LogP contribution in [0.5, 0.6) is 0 Å². The fourth-order valence-corrected chi connectivity index (χ4v) is 3.08. The maximum atomic E-state index is 11.8. The topological polar surface area (TPSA) is 48.0 Å². The van der Waals surface area contributed by atoms with Crippen molar-refractivity contribution in [2.75, 3.05) is 0 Å². The Kier molecular flexibility index (Phi) is 4.45. The molecule has 0 radical (unpaired) electrons. The summed E-state index contributed by atoms with van der Waals surface area (Å²) in [5, 5.41) is 0.683. The van der Waals surface area contributed by atoms with Gasteiger partial charge in [-0.15, -0.1) is 0 Å². The van der Waals surface area contributed by atoms with Gasteiger partial charge in [0.15, 0.2) is 0 Å². The first-order valence-electron chi connectivity index (χ1n) is 7.77. The number of hydrogen-bond acceptors (Lipinski definition) is 1. The number of carbonyl (C=O) groups is 1. The number of aryl methyl sites for hydroxylation is 1. The maximum Gasteiger partial charge on any atom is 0.250 e. The van der Waals surface area contributed by atoms with E-state index < -0.39 is 5.91 Å². The molecule has 0 aliphatic carbocycles. The second kappa shape index (κ2) is 6.54. The van der Waals surface area contributed by atoms with Crippen LogP contribution in [0.4, 0.5) is 0 Å². The molecule has 1 heterocycles. The van der Waals surface area contributed by atoms with Gasteiger partial charge in [0, 0.05) is 23.0 Å². The fourth-order valence-electron chi connectivity index (χ4n) is 2.95. The van der Waals surface area contributed by atoms with Crippen LogP contribution in [-0.2, 0) is 6.54 Å². The van der Waals surface area contributed by atoms with Crippen LogP contribution >= 0.6 is 11.6 Å². The lowest BCUT2D eigenvalue weighted by molar-refractivity contribution is 0.0999. The van der Waals surface area contributed by atoms with Crippen molar-refractivity contribution in [2.24, 2.45) is 5.73 Å². The first-order valence-corrected chi connectivity index (χ1v) is 8.15. The van der Waals surface area contributed by atoms with Gasteiger partial charge >= 0.3 is 0 Å². The molecule has 0 bridgehead atoms. The van der Waals surface area contributed by atoms with Crippen molar-refractivity contribution < 1.29 is 4.79 Å². The minimum atomic E-state index is -0.411. The summed E-state index contributed by atoms with van der Waals surface area (Å²) in [6.45, 7) is 4.68. The Labute approximate surface area is 146 Å². The number of primary amides is 1. The summed E-state index contributed by atoms with van der Waals surface area (Å²) >= 11 is 5.99. The molecule has 0 saturated carbocycles. The van der Waals surface area contributed by atoms with Crippen LogP contribution in [0.3, 0.4) is 0 Å². The first-order chi connectivity index (χ1) is 11.5. The first kappa shape index (κ1) is 16.3. The SMILES string of the molecule is Cc1cccc(Cn2c(-c3ccc(Cl)cc3)cc(C(N)=O)c2C)c1. The zero-order valence-electron chi connectivity index (χ0n) is 13.7. The molecule has 2 aromatic carbocycles. The van der Waals surface area contributed by atoms with Crippen molar-refractivity contribution in [3.05, 3.63) is 82.0 Å². The highest BCUT2D eigenvalue weighted by Crippen LogP contribution is 2.28. The third kappa shape index (κ3) is 3.22. The Morgan fingerprint density at radius 1 is 1.08 bits per heavy atom. The molecule has 3 nitrogen and oxygen atoms in total. The number of hydrogen-bond donors (Lipinski definition) is 1. The molecule has 24 heavy (non-hydrogen) atoms. The van der Waals surface area contributed by atoms with Crippen LogP contribution in [0.2, 0.25) is 5.02 Å². The lowest BCUT2D eigenvalue weighted by Gasteiger charge is -2.13. The molecule has 0 atom stereocenters. The van der Waals surface area contributed by atoms with Crippen molar-refractivity contribution in [2.45, 2.75) is 20.4 Å². The molecule has 0 aliphatic rings. The van der Waals surface area contributed by atoms with Crippen LogP contribution in [-0.4, -0.2) is 10.5 Å². The largest absolute Gasteiger partial charge is 0.366 e. The third-order valence-corrected chi connectivity index (χ3v) is 4.45. The Balaban J connectivity index is 2.12. The number of aromatic nitrogens is 1. The second-order valence-electron chi connectivity index (χ2n) is 5.98. The highest BCUT2D eigenvalue weighted by Gasteiger charge is 2.17. The Bertz CT molecular complexity index is 895. The molecule has 0 unspecified atom stereocenters. The molecular weight excluding hydrogens is 320 g/mol. The summed E-state index contributed by atoms with van der Waals surface area (Å²) < 4.78 is 2.12. The van der Waals surface area contributed by atoms with Crippen LogP contribution in [0.25, 0.3) is 11.3 Å². The number of carbonyl (C=O) groups excluding carboxylic acids is 1. The van der Waals surface area contributed by atoms with Crippen molar-refractivity contribution in [3.8, 4) is 11.3 Å². The molecule has 0 fully saturated rings. The number of rotatable bonds is 4. The minimum Gasteiger partial charge on any atom is -0.366 e. The molecule has 1 aromatic heterocycles. The molecule has 0 saturated heterocycles. The zero-order chi connectivity index (χ0) is 17.3. The van der Waals surface area contributed by atoms with Crippen LogP contribution in [0, 0.1) is 13.8 Å². The molecule has 3 rings (SSSR count). The molecule has 0 spiro atoms. The molecule has 4 heteroatoms. The van der Waals surface area contributed by atoms with Crippen LogP contribution in [0.15, 0.2) is 54.6 Å². The van der Waals surface area contributed by atoms with E-state index in [9.17, 15) is 4.79 Å². The number of halogens is 1. The summed E-state index contributed by atoms with van der Waals surface area (Å²) in [6, 6.07) is 17.8. The molecule has 0 aliphatic heterocycles. The molecule has 122 valence electrons.